The Morgan fingerprint density at radius 2 is 1.34 bits per heavy atom. The minimum Gasteiger partial charge on any atom is -0.507 e. The third kappa shape index (κ3) is 7.73. The highest BCUT2D eigenvalue weighted by atomic mass is 35.5. The van der Waals surface area contributed by atoms with Crippen molar-refractivity contribution in [1.82, 2.24) is 15.0 Å². The quantitative estimate of drug-likeness (QED) is 0.0551. The summed E-state index contributed by atoms with van der Waals surface area (Å²) < 4.78 is 102. The summed E-state index contributed by atoms with van der Waals surface area (Å²) >= 11 is 6.02. The first-order chi connectivity index (χ1) is 23.1. The van der Waals surface area contributed by atoms with E-state index < -0.39 is 62.0 Å². The second kappa shape index (κ2) is 13.0. The molecule has 1 aromatic heterocycles. The molecule has 22 heteroatoms. The SMILES string of the molecule is Cc1cc(O)c2c(N=Nc3ccc(Nc4nc(Cl)nc(Nc5cc(S(=O)(=O)O)c(C)cc5S(=O)(=O)O)n4)cc3S(=O)(=O)O)c(N)c(C)cc2c1. The van der Waals surface area contributed by atoms with Crippen LogP contribution in [0.3, 0.4) is 0 Å². The van der Waals surface area contributed by atoms with Gasteiger partial charge in [-0.3, -0.25) is 13.7 Å². The molecule has 0 unspecified atom stereocenters. The van der Waals surface area contributed by atoms with Gasteiger partial charge in [0.15, 0.2) is 0 Å². The maximum absolute atomic E-state index is 12.4. The van der Waals surface area contributed by atoms with E-state index in [1.54, 1.807) is 26.0 Å². The van der Waals surface area contributed by atoms with Gasteiger partial charge in [0.2, 0.25) is 17.2 Å². The number of nitrogens with one attached hydrogen (secondary N) is 2. The topological polar surface area (TPSA) is 297 Å². The Morgan fingerprint density at radius 3 is 1.96 bits per heavy atom. The molecular formula is C28H25ClN8O10S3. The first-order valence-corrected chi connectivity index (χ1v) is 18.4. The number of benzene rings is 4. The van der Waals surface area contributed by atoms with Crippen LogP contribution in [0.5, 0.6) is 5.75 Å². The third-order valence-electron chi connectivity index (χ3n) is 7.02. The molecule has 0 fully saturated rings. The fraction of sp³-hybridized carbons (Fsp3) is 0.107. The van der Waals surface area contributed by atoms with E-state index in [0.29, 0.717) is 10.9 Å². The third-order valence-corrected chi connectivity index (χ3v) is 9.96. The number of anilines is 5. The van der Waals surface area contributed by atoms with Crippen LogP contribution in [0.1, 0.15) is 16.7 Å². The lowest BCUT2D eigenvalue weighted by Crippen LogP contribution is -2.10. The molecule has 0 spiro atoms. The largest absolute Gasteiger partial charge is 0.507 e. The van der Waals surface area contributed by atoms with Crippen molar-refractivity contribution in [1.29, 1.82) is 0 Å². The van der Waals surface area contributed by atoms with Gasteiger partial charge in [0.1, 0.15) is 26.9 Å². The highest BCUT2D eigenvalue weighted by Crippen LogP contribution is 2.42. The maximum Gasteiger partial charge on any atom is 0.296 e. The zero-order valence-electron chi connectivity index (χ0n) is 25.8. The Labute approximate surface area is 289 Å². The number of hydrogen-bond acceptors (Lipinski definition) is 15. The normalized spacial score (nSPS) is 12.5. The monoisotopic (exact) mass is 764 g/mol. The van der Waals surface area contributed by atoms with E-state index in [-0.39, 0.29) is 45.4 Å². The molecule has 0 aliphatic carbocycles. The molecule has 0 amide bonds. The van der Waals surface area contributed by atoms with E-state index in [9.17, 15) is 44.0 Å². The number of phenols is 1. The molecule has 5 aromatic rings. The summed E-state index contributed by atoms with van der Waals surface area (Å²) in [6.07, 6.45) is 0. The predicted molar refractivity (Wildman–Crippen MR) is 182 cm³/mol. The van der Waals surface area contributed by atoms with Gasteiger partial charge in [0.05, 0.1) is 21.7 Å². The van der Waals surface area contributed by atoms with Crippen molar-refractivity contribution in [3.63, 3.8) is 0 Å². The van der Waals surface area contributed by atoms with Gasteiger partial charge in [0, 0.05) is 5.69 Å². The number of halogens is 1. The number of phenolic OH excluding ortho intramolecular Hbond substituents is 1. The zero-order chi connectivity index (χ0) is 36.9. The highest BCUT2D eigenvalue weighted by Gasteiger charge is 2.24. The number of aryl methyl sites for hydroxylation is 3. The molecule has 18 nitrogen and oxygen atoms in total. The van der Waals surface area contributed by atoms with Gasteiger partial charge < -0.3 is 21.5 Å². The standard InChI is InChI=1S/C28H25ClN8O10S3/c1-12-6-15-8-14(3)24(30)25(23(15)19(38)7-12)37-36-17-5-4-16(10-22(17)50(45,46)47)31-27-33-26(29)34-28(35-27)32-18-11-20(48(39,40)41)13(2)9-21(18)49(42,43)44/h4-11,38H,30H2,1-3H3,(H,39,40,41)(H,42,43,44)(H,45,46,47)(H2,31,32,33,34,35). The lowest BCUT2D eigenvalue weighted by atomic mass is 10.0. The van der Waals surface area contributed by atoms with Gasteiger partial charge in [0.25, 0.3) is 30.4 Å². The molecule has 8 N–H and O–H groups in total. The van der Waals surface area contributed by atoms with Gasteiger partial charge in [-0.1, -0.05) is 6.07 Å². The summed E-state index contributed by atoms with van der Waals surface area (Å²) in [5.74, 6) is -0.969. The van der Waals surface area contributed by atoms with Gasteiger partial charge in [-0.2, -0.15) is 40.2 Å². The van der Waals surface area contributed by atoms with E-state index in [4.69, 9.17) is 17.3 Å². The first-order valence-electron chi connectivity index (χ1n) is 13.7. The number of nitrogens with zero attached hydrogens (tertiary/aromatic N) is 5. The van der Waals surface area contributed by atoms with E-state index in [1.165, 1.54) is 25.1 Å². The molecule has 262 valence electrons. The number of azo groups is 1. The van der Waals surface area contributed by atoms with Crippen LogP contribution in [0.25, 0.3) is 10.8 Å². The lowest BCUT2D eigenvalue weighted by Gasteiger charge is -2.14. The van der Waals surface area contributed by atoms with Gasteiger partial charge >= 0.3 is 0 Å². The van der Waals surface area contributed by atoms with Crippen LogP contribution in [-0.4, -0.2) is 59.0 Å². The molecule has 0 saturated carbocycles. The number of aromatic nitrogens is 3. The Morgan fingerprint density at radius 1 is 0.720 bits per heavy atom. The molecule has 50 heavy (non-hydrogen) atoms. The summed E-state index contributed by atoms with van der Waals surface area (Å²) in [4.78, 5) is 9.46. The average Bonchev–Trinajstić information content (AvgIpc) is 2.96. The lowest BCUT2D eigenvalue weighted by molar-refractivity contribution is 0.478. The Balaban J connectivity index is 1.52. The van der Waals surface area contributed by atoms with E-state index in [0.717, 1.165) is 23.8 Å². The molecule has 0 saturated heterocycles. The van der Waals surface area contributed by atoms with Crippen molar-refractivity contribution in [2.24, 2.45) is 10.2 Å². The number of nitrogen functional groups attached to an aromatic ring is 1. The summed E-state index contributed by atoms with van der Waals surface area (Å²) in [6.45, 7) is 4.69. The fourth-order valence-electron chi connectivity index (χ4n) is 4.85. The summed E-state index contributed by atoms with van der Waals surface area (Å²) in [5.41, 5.74) is 6.73. The summed E-state index contributed by atoms with van der Waals surface area (Å²) in [7, 11) is -14.7. The molecule has 0 aliphatic heterocycles. The Hall–Kier alpha value is -5.03. The van der Waals surface area contributed by atoms with Crippen molar-refractivity contribution in [2.75, 3.05) is 16.4 Å². The van der Waals surface area contributed by atoms with Crippen LogP contribution in [0.15, 0.2) is 73.4 Å². The fourth-order valence-corrected chi connectivity index (χ4v) is 7.11. The molecule has 5 rings (SSSR count). The minimum atomic E-state index is -4.95. The molecule has 0 atom stereocenters. The highest BCUT2D eigenvalue weighted by molar-refractivity contribution is 7.86. The van der Waals surface area contributed by atoms with E-state index in [1.807, 2.05) is 0 Å². The molecule has 1 heterocycles. The van der Waals surface area contributed by atoms with Crippen LogP contribution in [0.4, 0.5) is 40.3 Å². The Bertz CT molecular complexity index is 2600. The average molecular weight is 765 g/mol. The predicted octanol–water partition coefficient (Wildman–Crippen LogP) is 5.53. The van der Waals surface area contributed by atoms with Crippen LogP contribution in [0.2, 0.25) is 5.28 Å². The minimum absolute atomic E-state index is 0.0407. The molecule has 0 radical (unpaired) electrons. The van der Waals surface area contributed by atoms with Gasteiger partial charge in [-0.05, 0) is 96.9 Å². The smallest absolute Gasteiger partial charge is 0.296 e. The van der Waals surface area contributed by atoms with Crippen LogP contribution in [0, 0.1) is 20.8 Å². The second-order valence-corrected chi connectivity index (χ2v) is 15.3. The molecular weight excluding hydrogens is 740 g/mol. The number of nitrogens with two attached hydrogens (primary N) is 1. The maximum atomic E-state index is 12.4. The van der Waals surface area contributed by atoms with Crippen molar-refractivity contribution in [3.8, 4) is 5.75 Å². The summed E-state index contributed by atoms with van der Waals surface area (Å²) in [6, 6.07) is 10.0. The second-order valence-electron chi connectivity index (χ2n) is 10.8. The van der Waals surface area contributed by atoms with Crippen molar-refractivity contribution < 1.29 is 44.0 Å². The van der Waals surface area contributed by atoms with Crippen LogP contribution >= 0.6 is 11.6 Å². The summed E-state index contributed by atoms with van der Waals surface area (Å²) in [5, 5.41) is 24.2. The van der Waals surface area contributed by atoms with Crippen molar-refractivity contribution in [2.45, 2.75) is 35.5 Å². The number of fused-ring (bicyclic) bond motifs is 1. The zero-order valence-corrected chi connectivity index (χ0v) is 29.0. The van der Waals surface area contributed by atoms with Crippen molar-refractivity contribution >= 4 is 93.1 Å². The molecule has 0 aliphatic rings. The van der Waals surface area contributed by atoms with Crippen LogP contribution < -0.4 is 16.4 Å². The number of aromatic hydroxyl groups is 1. The number of hydrogen-bond donors (Lipinski definition) is 7. The van der Waals surface area contributed by atoms with Crippen LogP contribution in [-0.2, 0) is 30.4 Å². The van der Waals surface area contributed by atoms with Gasteiger partial charge in [-0.25, -0.2) is 0 Å². The Kier molecular flexibility index (Phi) is 9.44. The molecule has 0 bridgehead atoms. The molecule has 4 aromatic carbocycles. The number of rotatable bonds is 9. The first kappa shape index (κ1) is 36.3. The van der Waals surface area contributed by atoms with Crippen molar-refractivity contribution in [3.05, 3.63) is 70.5 Å². The van der Waals surface area contributed by atoms with Gasteiger partial charge in [-0.15, -0.1) is 10.2 Å². The van der Waals surface area contributed by atoms with E-state index >= 15 is 0 Å². The van der Waals surface area contributed by atoms with E-state index in [2.05, 4.69) is 35.8 Å².